The van der Waals surface area contributed by atoms with Crippen molar-refractivity contribution in [2.24, 2.45) is 12.2 Å². The van der Waals surface area contributed by atoms with Gasteiger partial charge in [-0.15, -0.1) is 0 Å². The fourth-order valence-corrected chi connectivity index (χ4v) is 3.09. The molecule has 0 bridgehead atoms. The summed E-state index contributed by atoms with van der Waals surface area (Å²) < 4.78 is 24.9. The Balaban J connectivity index is 2.25. The Kier molecular flexibility index (Phi) is 4.06. The Labute approximate surface area is 125 Å². The molecule has 2 rings (SSSR count). The van der Waals surface area contributed by atoms with Crippen LogP contribution in [0, 0.1) is 20.8 Å². The summed E-state index contributed by atoms with van der Waals surface area (Å²) in [6.45, 7) is 6.26. The molecule has 0 saturated carbocycles. The Bertz CT molecular complexity index is 779. The Hall–Kier alpha value is -1.86. The third-order valence-electron chi connectivity index (χ3n) is 3.62. The van der Waals surface area contributed by atoms with Gasteiger partial charge in [0.2, 0.25) is 10.0 Å². The number of aromatic nitrogens is 2. The molecule has 0 saturated heterocycles. The SMILES string of the molecule is Cc1ccc(NCc2c(C)nn(C)c2C)cc1S(N)(=O)=O. The summed E-state index contributed by atoms with van der Waals surface area (Å²) in [5, 5.41) is 12.8. The van der Waals surface area contributed by atoms with Crippen molar-refractivity contribution in [2.75, 3.05) is 5.32 Å². The number of anilines is 1. The molecule has 114 valence electrons. The summed E-state index contributed by atoms with van der Waals surface area (Å²) in [7, 11) is -1.81. The topological polar surface area (TPSA) is 90.0 Å². The highest BCUT2D eigenvalue weighted by Gasteiger charge is 2.13. The molecule has 0 fully saturated rings. The Morgan fingerprint density at radius 3 is 2.48 bits per heavy atom. The molecule has 0 atom stereocenters. The predicted octanol–water partition coefficient (Wildman–Crippen LogP) is 1.60. The van der Waals surface area contributed by atoms with Crippen LogP contribution >= 0.6 is 0 Å². The van der Waals surface area contributed by atoms with Gasteiger partial charge in [0.25, 0.3) is 0 Å². The van der Waals surface area contributed by atoms with E-state index in [4.69, 9.17) is 5.14 Å². The zero-order valence-corrected chi connectivity index (χ0v) is 13.5. The lowest BCUT2D eigenvalue weighted by atomic mass is 10.2. The normalized spacial score (nSPS) is 11.7. The second-order valence-corrected chi connectivity index (χ2v) is 6.68. The van der Waals surface area contributed by atoms with E-state index in [9.17, 15) is 8.42 Å². The molecule has 0 radical (unpaired) electrons. The second kappa shape index (κ2) is 5.50. The maximum absolute atomic E-state index is 11.5. The van der Waals surface area contributed by atoms with Gasteiger partial charge in [-0.1, -0.05) is 6.07 Å². The molecule has 0 unspecified atom stereocenters. The van der Waals surface area contributed by atoms with Crippen molar-refractivity contribution in [2.45, 2.75) is 32.2 Å². The summed E-state index contributed by atoms with van der Waals surface area (Å²) in [4.78, 5) is 0.145. The van der Waals surface area contributed by atoms with E-state index in [0.29, 0.717) is 17.8 Å². The zero-order chi connectivity index (χ0) is 15.8. The van der Waals surface area contributed by atoms with Crippen LogP contribution in [0.1, 0.15) is 22.5 Å². The van der Waals surface area contributed by atoms with Gasteiger partial charge in [-0.3, -0.25) is 4.68 Å². The van der Waals surface area contributed by atoms with Gasteiger partial charge in [0.15, 0.2) is 0 Å². The van der Waals surface area contributed by atoms with Crippen molar-refractivity contribution in [1.82, 2.24) is 9.78 Å². The molecule has 0 spiro atoms. The van der Waals surface area contributed by atoms with Crippen molar-refractivity contribution in [1.29, 1.82) is 0 Å². The lowest BCUT2D eigenvalue weighted by molar-refractivity contribution is 0.597. The van der Waals surface area contributed by atoms with Gasteiger partial charge in [0.05, 0.1) is 10.6 Å². The first kappa shape index (κ1) is 15.5. The van der Waals surface area contributed by atoms with E-state index in [1.165, 1.54) is 0 Å². The molecule has 1 aromatic carbocycles. The van der Waals surface area contributed by atoms with Crippen molar-refractivity contribution < 1.29 is 8.42 Å². The summed E-state index contributed by atoms with van der Waals surface area (Å²) in [6, 6.07) is 5.14. The lowest BCUT2D eigenvalue weighted by Crippen LogP contribution is -2.14. The number of primary sulfonamides is 1. The molecule has 0 aliphatic heterocycles. The number of rotatable bonds is 4. The number of nitrogens with two attached hydrogens (primary N) is 1. The predicted molar refractivity (Wildman–Crippen MR) is 82.6 cm³/mol. The van der Waals surface area contributed by atoms with Gasteiger partial charge >= 0.3 is 0 Å². The first-order chi connectivity index (χ1) is 9.70. The molecule has 0 aliphatic carbocycles. The highest BCUT2D eigenvalue weighted by Crippen LogP contribution is 2.20. The number of aryl methyl sites for hydroxylation is 3. The van der Waals surface area contributed by atoms with E-state index < -0.39 is 10.0 Å². The average Bonchev–Trinajstić information content (AvgIpc) is 2.61. The fourth-order valence-electron chi connectivity index (χ4n) is 2.28. The summed E-state index contributed by atoms with van der Waals surface area (Å²) in [5.74, 6) is 0. The van der Waals surface area contributed by atoms with E-state index in [-0.39, 0.29) is 4.90 Å². The summed E-state index contributed by atoms with van der Waals surface area (Å²) in [5.41, 5.74) is 4.50. The van der Waals surface area contributed by atoms with Gasteiger partial charge in [0.1, 0.15) is 0 Å². The Morgan fingerprint density at radius 1 is 1.29 bits per heavy atom. The summed E-state index contributed by atoms with van der Waals surface area (Å²) in [6.07, 6.45) is 0. The van der Waals surface area contributed by atoms with Crippen molar-refractivity contribution in [3.8, 4) is 0 Å². The van der Waals surface area contributed by atoms with Crippen molar-refractivity contribution in [3.63, 3.8) is 0 Å². The second-order valence-electron chi connectivity index (χ2n) is 5.15. The fraction of sp³-hybridized carbons (Fsp3) is 0.357. The van der Waals surface area contributed by atoms with Crippen LogP contribution in [0.5, 0.6) is 0 Å². The van der Waals surface area contributed by atoms with Crippen LogP contribution in [0.25, 0.3) is 0 Å². The van der Waals surface area contributed by atoms with Crippen LogP contribution in [0.15, 0.2) is 23.1 Å². The first-order valence-corrected chi connectivity index (χ1v) is 8.11. The first-order valence-electron chi connectivity index (χ1n) is 6.56. The van der Waals surface area contributed by atoms with Crippen LogP contribution in [0.3, 0.4) is 0 Å². The molecule has 21 heavy (non-hydrogen) atoms. The number of hydrogen-bond donors (Lipinski definition) is 2. The molecule has 7 heteroatoms. The molecular formula is C14H20N4O2S. The highest BCUT2D eigenvalue weighted by atomic mass is 32.2. The van der Waals surface area contributed by atoms with Crippen molar-refractivity contribution in [3.05, 3.63) is 40.7 Å². The standard InChI is InChI=1S/C14H20N4O2S/c1-9-5-6-12(7-14(9)21(15,19)20)16-8-13-10(2)17-18(4)11(13)3/h5-7,16H,8H2,1-4H3,(H2,15,19,20). The van der Waals surface area contributed by atoms with Crippen LogP contribution in [0.4, 0.5) is 5.69 Å². The quantitative estimate of drug-likeness (QED) is 0.898. The van der Waals surface area contributed by atoms with Crippen LogP contribution < -0.4 is 10.5 Å². The average molecular weight is 308 g/mol. The molecule has 1 aromatic heterocycles. The van der Waals surface area contributed by atoms with Gasteiger partial charge in [-0.05, 0) is 38.5 Å². The van der Waals surface area contributed by atoms with Crippen molar-refractivity contribution >= 4 is 15.7 Å². The van der Waals surface area contributed by atoms with E-state index in [2.05, 4.69) is 10.4 Å². The zero-order valence-electron chi connectivity index (χ0n) is 12.6. The third kappa shape index (κ3) is 3.25. The molecule has 1 heterocycles. The number of hydrogen-bond acceptors (Lipinski definition) is 4. The van der Waals surface area contributed by atoms with E-state index in [1.54, 1.807) is 19.1 Å². The molecule has 0 aliphatic rings. The van der Waals surface area contributed by atoms with Gasteiger partial charge in [-0.25, -0.2) is 13.6 Å². The molecular weight excluding hydrogens is 288 g/mol. The molecule has 3 N–H and O–H groups in total. The number of sulfonamides is 1. The smallest absolute Gasteiger partial charge is 0.238 e. The number of benzene rings is 1. The lowest BCUT2D eigenvalue weighted by Gasteiger charge is -2.10. The molecule has 0 amide bonds. The molecule has 6 nitrogen and oxygen atoms in total. The van der Waals surface area contributed by atoms with Crippen LogP contribution in [-0.2, 0) is 23.6 Å². The van der Waals surface area contributed by atoms with Crippen LogP contribution in [0.2, 0.25) is 0 Å². The number of nitrogens with one attached hydrogen (secondary N) is 1. The summed E-state index contributed by atoms with van der Waals surface area (Å²) >= 11 is 0. The van der Waals surface area contributed by atoms with E-state index in [0.717, 1.165) is 17.0 Å². The van der Waals surface area contributed by atoms with Gasteiger partial charge < -0.3 is 5.32 Å². The van der Waals surface area contributed by atoms with Gasteiger partial charge in [0, 0.05) is 30.5 Å². The molecule has 2 aromatic rings. The maximum atomic E-state index is 11.5. The van der Waals surface area contributed by atoms with E-state index in [1.807, 2.05) is 31.6 Å². The monoisotopic (exact) mass is 308 g/mol. The third-order valence-corrected chi connectivity index (χ3v) is 4.68. The minimum atomic E-state index is -3.71. The maximum Gasteiger partial charge on any atom is 0.238 e. The minimum absolute atomic E-state index is 0.145. The Morgan fingerprint density at radius 2 is 1.95 bits per heavy atom. The van der Waals surface area contributed by atoms with Crippen LogP contribution in [-0.4, -0.2) is 18.2 Å². The highest BCUT2D eigenvalue weighted by molar-refractivity contribution is 7.89. The van der Waals surface area contributed by atoms with Gasteiger partial charge in [-0.2, -0.15) is 5.10 Å². The number of nitrogens with zero attached hydrogens (tertiary/aromatic N) is 2. The van der Waals surface area contributed by atoms with E-state index >= 15 is 0 Å². The largest absolute Gasteiger partial charge is 0.381 e. The minimum Gasteiger partial charge on any atom is -0.381 e.